The lowest BCUT2D eigenvalue weighted by Crippen LogP contribution is -2.37. The van der Waals surface area contributed by atoms with Gasteiger partial charge >= 0.3 is 0 Å². The Morgan fingerprint density at radius 1 is 0.758 bits per heavy atom. The number of imide groups is 1. The van der Waals surface area contributed by atoms with E-state index in [1.807, 2.05) is 61.5 Å². The van der Waals surface area contributed by atoms with Gasteiger partial charge in [0.05, 0.1) is 17.4 Å². The molecule has 5 rings (SSSR count). The fraction of sp³-hybridized carbons (Fsp3) is 0.286. The summed E-state index contributed by atoms with van der Waals surface area (Å²) in [7, 11) is 0. The van der Waals surface area contributed by atoms with E-state index in [1.165, 1.54) is 10.5 Å². The van der Waals surface area contributed by atoms with Gasteiger partial charge in [-0.1, -0.05) is 80.9 Å². The number of benzene rings is 3. The highest BCUT2D eigenvalue weighted by Gasteiger charge is 2.60. The summed E-state index contributed by atoms with van der Waals surface area (Å²) < 4.78 is 0. The van der Waals surface area contributed by atoms with Crippen molar-refractivity contribution in [2.24, 2.45) is 5.92 Å². The van der Waals surface area contributed by atoms with Gasteiger partial charge in [-0.2, -0.15) is 0 Å². The molecule has 0 saturated carbocycles. The predicted octanol–water partition coefficient (Wildman–Crippen LogP) is 5.34. The molecule has 2 heterocycles. The first-order valence-electron chi connectivity index (χ1n) is 11.3. The monoisotopic (exact) mass is 440 g/mol. The molecule has 0 bridgehead atoms. The zero-order valence-electron chi connectivity index (χ0n) is 19.4. The quantitative estimate of drug-likeness (QED) is 0.516. The standard InChI is InChI=1S/C28H28N2O3/c1-18-10-16-21(17-11-18)29-26(31)23-24(19-12-14-20(15-13-19)28(2,3)4)30(33-25(23)27(29)32)22-8-6-5-7-9-22/h5-17,23-25H,1-4H3/t23-,24-,25+/m0/s1. The third-order valence-electron chi connectivity index (χ3n) is 6.54. The maximum atomic E-state index is 13.7. The van der Waals surface area contributed by atoms with Crippen molar-refractivity contribution in [2.45, 2.75) is 45.3 Å². The van der Waals surface area contributed by atoms with Gasteiger partial charge in [0.1, 0.15) is 5.92 Å². The molecule has 0 aliphatic carbocycles. The van der Waals surface area contributed by atoms with Crippen molar-refractivity contribution in [2.75, 3.05) is 9.96 Å². The number of hydroxylamine groups is 1. The van der Waals surface area contributed by atoms with Crippen LogP contribution < -0.4 is 9.96 Å². The zero-order valence-corrected chi connectivity index (χ0v) is 19.4. The summed E-state index contributed by atoms with van der Waals surface area (Å²) in [5.74, 6) is -1.17. The Bertz CT molecular complexity index is 1180. The molecule has 0 N–H and O–H groups in total. The number of rotatable bonds is 3. The highest BCUT2D eigenvalue weighted by molar-refractivity contribution is 6.23. The van der Waals surface area contributed by atoms with E-state index in [9.17, 15) is 9.59 Å². The van der Waals surface area contributed by atoms with Crippen LogP contribution in [-0.2, 0) is 19.8 Å². The predicted molar refractivity (Wildman–Crippen MR) is 129 cm³/mol. The van der Waals surface area contributed by atoms with Crippen LogP contribution >= 0.6 is 0 Å². The van der Waals surface area contributed by atoms with E-state index in [2.05, 4.69) is 45.0 Å². The SMILES string of the molecule is Cc1ccc(N2C(=O)[C@@H]3[C@@H](ON(c4ccccc4)[C@H]3c3ccc(C(C)(C)C)cc3)C2=O)cc1. The first kappa shape index (κ1) is 21.4. The molecule has 0 spiro atoms. The van der Waals surface area contributed by atoms with Crippen LogP contribution in [0, 0.1) is 12.8 Å². The van der Waals surface area contributed by atoms with E-state index in [0.717, 1.165) is 16.8 Å². The van der Waals surface area contributed by atoms with Crippen molar-refractivity contribution in [3.05, 3.63) is 95.6 Å². The summed E-state index contributed by atoms with van der Waals surface area (Å²) in [5.41, 5.74) is 4.66. The molecule has 0 radical (unpaired) electrons. The number of carbonyl (C=O) groups excluding carboxylic acids is 2. The van der Waals surface area contributed by atoms with Gasteiger partial charge in [0.15, 0.2) is 6.10 Å². The molecule has 5 heteroatoms. The van der Waals surface area contributed by atoms with Crippen LogP contribution in [0.3, 0.4) is 0 Å². The average molecular weight is 441 g/mol. The molecule has 3 atom stereocenters. The fourth-order valence-electron chi connectivity index (χ4n) is 4.68. The summed E-state index contributed by atoms with van der Waals surface area (Å²) in [6.45, 7) is 8.49. The number of hydrogen-bond acceptors (Lipinski definition) is 4. The van der Waals surface area contributed by atoms with Crippen LogP contribution in [0.2, 0.25) is 0 Å². The maximum Gasteiger partial charge on any atom is 0.266 e. The second-order valence-electron chi connectivity index (χ2n) is 9.88. The molecule has 3 aromatic carbocycles. The number of fused-ring (bicyclic) bond motifs is 1. The van der Waals surface area contributed by atoms with Gasteiger partial charge in [-0.05, 0) is 47.7 Å². The zero-order chi connectivity index (χ0) is 23.3. The summed E-state index contributed by atoms with van der Waals surface area (Å²) >= 11 is 0. The molecular formula is C28H28N2O3. The lowest BCUT2D eigenvalue weighted by Gasteiger charge is -2.29. The Labute approximate surface area is 194 Å². The third kappa shape index (κ3) is 3.62. The van der Waals surface area contributed by atoms with Gasteiger partial charge in [-0.3, -0.25) is 14.4 Å². The number of amides is 2. The summed E-state index contributed by atoms with van der Waals surface area (Å²) in [5, 5.41) is 1.74. The first-order chi connectivity index (χ1) is 15.8. The fourth-order valence-corrected chi connectivity index (χ4v) is 4.68. The minimum Gasteiger partial charge on any atom is -0.273 e. The smallest absolute Gasteiger partial charge is 0.266 e. The largest absolute Gasteiger partial charge is 0.273 e. The van der Waals surface area contributed by atoms with E-state index >= 15 is 0 Å². The third-order valence-corrected chi connectivity index (χ3v) is 6.54. The lowest BCUT2D eigenvalue weighted by molar-refractivity contribution is -0.126. The summed E-state index contributed by atoms with van der Waals surface area (Å²) in [6.07, 6.45) is -0.855. The number of anilines is 2. The molecule has 3 aromatic rings. The van der Waals surface area contributed by atoms with Crippen molar-refractivity contribution in [3.8, 4) is 0 Å². The molecule has 0 unspecified atom stereocenters. The van der Waals surface area contributed by atoms with Crippen molar-refractivity contribution in [1.29, 1.82) is 0 Å². The molecule has 0 aromatic heterocycles. The molecule has 2 saturated heterocycles. The second-order valence-corrected chi connectivity index (χ2v) is 9.88. The van der Waals surface area contributed by atoms with Gasteiger partial charge in [0.25, 0.3) is 5.91 Å². The van der Waals surface area contributed by atoms with Gasteiger partial charge in [-0.15, -0.1) is 0 Å². The Morgan fingerprint density at radius 2 is 1.39 bits per heavy atom. The van der Waals surface area contributed by atoms with Crippen LogP contribution in [0.5, 0.6) is 0 Å². The van der Waals surface area contributed by atoms with Crippen molar-refractivity contribution in [1.82, 2.24) is 0 Å². The van der Waals surface area contributed by atoms with E-state index in [4.69, 9.17) is 4.84 Å². The summed E-state index contributed by atoms with van der Waals surface area (Å²) in [4.78, 5) is 34.5. The van der Waals surface area contributed by atoms with Crippen LogP contribution in [0.25, 0.3) is 0 Å². The highest BCUT2D eigenvalue weighted by Crippen LogP contribution is 2.47. The molecule has 5 nitrogen and oxygen atoms in total. The maximum absolute atomic E-state index is 13.7. The molecular weight excluding hydrogens is 412 g/mol. The van der Waals surface area contributed by atoms with Gasteiger partial charge < -0.3 is 0 Å². The van der Waals surface area contributed by atoms with E-state index < -0.39 is 18.1 Å². The number of para-hydroxylation sites is 1. The summed E-state index contributed by atoms with van der Waals surface area (Å²) in [6, 6.07) is 25.0. The Balaban J connectivity index is 1.57. The van der Waals surface area contributed by atoms with E-state index in [1.54, 1.807) is 5.06 Å². The first-order valence-corrected chi connectivity index (χ1v) is 11.3. The van der Waals surface area contributed by atoms with Crippen molar-refractivity contribution >= 4 is 23.2 Å². The van der Waals surface area contributed by atoms with Gasteiger partial charge in [0.2, 0.25) is 5.91 Å². The molecule has 2 aliphatic rings. The van der Waals surface area contributed by atoms with Crippen molar-refractivity contribution in [3.63, 3.8) is 0 Å². The molecule has 33 heavy (non-hydrogen) atoms. The van der Waals surface area contributed by atoms with Crippen LogP contribution in [0.1, 0.15) is 43.5 Å². The number of nitrogens with zero attached hydrogens (tertiary/aromatic N) is 2. The topological polar surface area (TPSA) is 49.9 Å². The number of hydrogen-bond donors (Lipinski definition) is 0. The van der Waals surface area contributed by atoms with Crippen LogP contribution in [0.15, 0.2) is 78.9 Å². The number of aryl methyl sites for hydroxylation is 1. The van der Waals surface area contributed by atoms with E-state index in [-0.39, 0.29) is 17.2 Å². The average Bonchev–Trinajstić information content (AvgIpc) is 3.31. The second kappa shape index (κ2) is 7.85. The minimum atomic E-state index is -0.855. The lowest BCUT2D eigenvalue weighted by atomic mass is 9.84. The normalized spacial score (nSPS) is 22.7. The molecule has 2 amide bonds. The van der Waals surface area contributed by atoms with Crippen molar-refractivity contribution < 1.29 is 14.4 Å². The van der Waals surface area contributed by atoms with Gasteiger partial charge in [0, 0.05) is 0 Å². The number of carbonyl (C=O) groups is 2. The molecule has 168 valence electrons. The Morgan fingerprint density at radius 3 is 2.00 bits per heavy atom. The molecule has 2 fully saturated rings. The Hall–Kier alpha value is -3.44. The Kier molecular flexibility index (Phi) is 5.09. The van der Waals surface area contributed by atoms with E-state index in [0.29, 0.717) is 5.69 Å². The minimum absolute atomic E-state index is 0.0216. The van der Waals surface area contributed by atoms with Gasteiger partial charge in [-0.25, -0.2) is 9.96 Å². The van der Waals surface area contributed by atoms with Crippen LogP contribution in [0.4, 0.5) is 11.4 Å². The van der Waals surface area contributed by atoms with Crippen LogP contribution in [-0.4, -0.2) is 17.9 Å². The highest BCUT2D eigenvalue weighted by atomic mass is 16.7. The molecule has 2 aliphatic heterocycles.